The zero-order chi connectivity index (χ0) is 18.6. The van der Waals surface area contributed by atoms with Gasteiger partial charge in [0, 0.05) is 41.0 Å². The number of halogens is 1. The Morgan fingerprint density at radius 1 is 0.926 bits per heavy atom. The Morgan fingerprint density at radius 2 is 1.63 bits per heavy atom. The number of para-hydroxylation sites is 2. The highest BCUT2D eigenvalue weighted by molar-refractivity contribution is 6.30. The number of nitrogens with one attached hydrogen (secondary N) is 1. The molecule has 136 valence electrons. The normalized spacial score (nSPS) is 16.3. The van der Waals surface area contributed by atoms with Gasteiger partial charge in [-0.3, -0.25) is 4.79 Å². The maximum absolute atomic E-state index is 12.6. The number of carbonyl (C=O) groups is 1. The number of benzene rings is 3. The van der Waals surface area contributed by atoms with Crippen molar-refractivity contribution >= 4 is 28.9 Å². The number of nitrogens with zero attached hydrogens (tertiary/aromatic N) is 1. The van der Waals surface area contributed by atoms with Gasteiger partial charge in [-0.1, -0.05) is 48.0 Å². The summed E-state index contributed by atoms with van der Waals surface area (Å²) in [5.74, 6) is 0.281. The van der Waals surface area contributed by atoms with Gasteiger partial charge in [-0.2, -0.15) is 0 Å². The van der Waals surface area contributed by atoms with Crippen molar-refractivity contribution in [2.75, 3.05) is 23.3 Å². The minimum absolute atomic E-state index is 0.114. The first kappa shape index (κ1) is 17.6. The minimum atomic E-state index is -0.114. The number of anilines is 2. The third kappa shape index (κ3) is 3.99. The van der Waals surface area contributed by atoms with Crippen LogP contribution in [0.1, 0.15) is 28.3 Å². The summed E-state index contributed by atoms with van der Waals surface area (Å²) in [5.41, 5.74) is 3.94. The largest absolute Gasteiger partial charge is 0.371 e. The summed E-state index contributed by atoms with van der Waals surface area (Å²) in [7, 11) is 0. The fraction of sp³-hybridized carbons (Fsp3) is 0.174. The summed E-state index contributed by atoms with van der Waals surface area (Å²) in [6, 6.07) is 25.5. The molecule has 0 spiro atoms. The summed E-state index contributed by atoms with van der Waals surface area (Å²) in [5, 5.41) is 3.70. The zero-order valence-corrected chi connectivity index (χ0v) is 15.7. The Kier molecular flexibility index (Phi) is 5.12. The summed E-state index contributed by atoms with van der Waals surface area (Å²) in [6.07, 6.45) is 1.07. The lowest BCUT2D eigenvalue weighted by Gasteiger charge is -2.20. The standard InChI is InChI=1S/C23H21ClN2O/c24-19-12-10-17(11-13-19)23(27)25-22-9-5-4-8-21(22)18-14-15-26(16-18)20-6-2-1-3-7-20/h1-13,18H,14-16H2,(H,25,27). The van der Waals surface area contributed by atoms with Gasteiger partial charge in [0.25, 0.3) is 5.91 Å². The molecule has 0 radical (unpaired) electrons. The molecule has 1 aliphatic heterocycles. The van der Waals surface area contributed by atoms with E-state index in [9.17, 15) is 4.79 Å². The van der Waals surface area contributed by atoms with Crippen LogP contribution >= 0.6 is 11.6 Å². The van der Waals surface area contributed by atoms with Crippen molar-refractivity contribution in [3.05, 3.63) is 95.0 Å². The van der Waals surface area contributed by atoms with Gasteiger partial charge in [0.05, 0.1) is 0 Å². The van der Waals surface area contributed by atoms with Crippen LogP contribution in [-0.2, 0) is 0 Å². The SMILES string of the molecule is O=C(Nc1ccccc1C1CCN(c2ccccc2)C1)c1ccc(Cl)cc1. The lowest BCUT2D eigenvalue weighted by atomic mass is 9.96. The first-order valence-corrected chi connectivity index (χ1v) is 9.54. The number of carbonyl (C=O) groups excluding carboxylic acids is 1. The molecule has 1 unspecified atom stereocenters. The maximum atomic E-state index is 12.6. The van der Waals surface area contributed by atoms with E-state index in [0.29, 0.717) is 16.5 Å². The third-order valence-corrected chi connectivity index (χ3v) is 5.32. The molecular weight excluding hydrogens is 356 g/mol. The number of hydrogen-bond donors (Lipinski definition) is 1. The average Bonchev–Trinajstić information content (AvgIpc) is 3.19. The highest BCUT2D eigenvalue weighted by Gasteiger charge is 2.26. The number of amides is 1. The van der Waals surface area contributed by atoms with Gasteiger partial charge in [0.1, 0.15) is 0 Å². The second kappa shape index (κ2) is 7.85. The molecule has 1 fully saturated rings. The van der Waals surface area contributed by atoms with E-state index in [2.05, 4.69) is 40.5 Å². The molecular formula is C23H21ClN2O. The van der Waals surface area contributed by atoms with Crippen LogP contribution in [0.3, 0.4) is 0 Å². The fourth-order valence-electron chi connectivity index (χ4n) is 3.65. The first-order chi connectivity index (χ1) is 13.2. The van der Waals surface area contributed by atoms with Gasteiger partial charge < -0.3 is 10.2 Å². The van der Waals surface area contributed by atoms with Crippen molar-refractivity contribution < 1.29 is 4.79 Å². The summed E-state index contributed by atoms with van der Waals surface area (Å²) < 4.78 is 0. The van der Waals surface area contributed by atoms with Gasteiger partial charge >= 0.3 is 0 Å². The Morgan fingerprint density at radius 3 is 2.41 bits per heavy atom. The quantitative estimate of drug-likeness (QED) is 0.644. The molecule has 1 saturated heterocycles. The van der Waals surface area contributed by atoms with Gasteiger partial charge in [-0.15, -0.1) is 0 Å². The molecule has 4 heteroatoms. The predicted molar refractivity (Wildman–Crippen MR) is 112 cm³/mol. The Labute approximate surface area is 164 Å². The highest BCUT2D eigenvalue weighted by atomic mass is 35.5. The monoisotopic (exact) mass is 376 g/mol. The number of rotatable bonds is 4. The summed E-state index contributed by atoms with van der Waals surface area (Å²) in [4.78, 5) is 15.0. The topological polar surface area (TPSA) is 32.3 Å². The van der Waals surface area contributed by atoms with Crippen LogP contribution < -0.4 is 10.2 Å². The second-order valence-corrected chi connectivity index (χ2v) is 7.25. The molecule has 4 rings (SSSR count). The average molecular weight is 377 g/mol. The van der Waals surface area contributed by atoms with E-state index in [1.165, 1.54) is 11.3 Å². The lowest BCUT2D eigenvalue weighted by molar-refractivity contribution is 0.102. The molecule has 27 heavy (non-hydrogen) atoms. The summed E-state index contributed by atoms with van der Waals surface area (Å²) >= 11 is 5.92. The minimum Gasteiger partial charge on any atom is -0.371 e. The molecule has 1 amide bonds. The molecule has 3 aromatic carbocycles. The Hall–Kier alpha value is -2.78. The van der Waals surface area contributed by atoms with E-state index in [4.69, 9.17) is 11.6 Å². The zero-order valence-electron chi connectivity index (χ0n) is 14.9. The van der Waals surface area contributed by atoms with Crippen molar-refractivity contribution in [2.45, 2.75) is 12.3 Å². The Balaban J connectivity index is 1.51. The van der Waals surface area contributed by atoms with E-state index < -0.39 is 0 Å². The van der Waals surface area contributed by atoms with Crippen molar-refractivity contribution in [1.29, 1.82) is 0 Å². The van der Waals surface area contributed by atoms with Gasteiger partial charge in [-0.25, -0.2) is 0 Å². The Bertz CT molecular complexity index is 925. The molecule has 1 N–H and O–H groups in total. The molecule has 0 saturated carbocycles. The van der Waals surface area contributed by atoms with Crippen LogP contribution in [0.2, 0.25) is 5.02 Å². The lowest BCUT2D eigenvalue weighted by Crippen LogP contribution is -2.19. The molecule has 0 aromatic heterocycles. The van der Waals surface area contributed by atoms with Crippen molar-refractivity contribution in [3.8, 4) is 0 Å². The van der Waals surface area contributed by atoms with E-state index in [-0.39, 0.29) is 5.91 Å². The molecule has 3 nitrogen and oxygen atoms in total. The van der Waals surface area contributed by atoms with Crippen LogP contribution in [0.25, 0.3) is 0 Å². The van der Waals surface area contributed by atoms with Crippen molar-refractivity contribution in [2.24, 2.45) is 0 Å². The van der Waals surface area contributed by atoms with E-state index in [1.807, 2.05) is 24.3 Å². The van der Waals surface area contributed by atoms with Gasteiger partial charge in [0.2, 0.25) is 0 Å². The molecule has 3 aromatic rings. The van der Waals surface area contributed by atoms with Crippen molar-refractivity contribution in [3.63, 3.8) is 0 Å². The number of hydrogen-bond acceptors (Lipinski definition) is 2. The smallest absolute Gasteiger partial charge is 0.255 e. The fourth-order valence-corrected chi connectivity index (χ4v) is 3.78. The van der Waals surface area contributed by atoms with E-state index in [1.54, 1.807) is 24.3 Å². The van der Waals surface area contributed by atoms with Crippen LogP contribution in [0, 0.1) is 0 Å². The maximum Gasteiger partial charge on any atom is 0.255 e. The van der Waals surface area contributed by atoms with Crippen LogP contribution in [0.5, 0.6) is 0 Å². The van der Waals surface area contributed by atoms with Crippen LogP contribution in [-0.4, -0.2) is 19.0 Å². The highest BCUT2D eigenvalue weighted by Crippen LogP contribution is 2.34. The van der Waals surface area contributed by atoms with E-state index >= 15 is 0 Å². The molecule has 1 heterocycles. The first-order valence-electron chi connectivity index (χ1n) is 9.16. The van der Waals surface area contributed by atoms with Crippen LogP contribution in [0.15, 0.2) is 78.9 Å². The molecule has 1 atom stereocenters. The van der Waals surface area contributed by atoms with E-state index in [0.717, 1.165) is 25.2 Å². The molecule has 0 aliphatic carbocycles. The van der Waals surface area contributed by atoms with Gasteiger partial charge in [-0.05, 0) is 54.4 Å². The molecule has 1 aliphatic rings. The third-order valence-electron chi connectivity index (χ3n) is 5.06. The second-order valence-electron chi connectivity index (χ2n) is 6.82. The summed E-state index contributed by atoms with van der Waals surface area (Å²) in [6.45, 7) is 1.98. The van der Waals surface area contributed by atoms with Gasteiger partial charge in [0.15, 0.2) is 0 Å². The van der Waals surface area contributed by atoms with Crippen LogP contribution in [0.4, 0.5) is 11.4 Å². The molecule has 0 bridgehead atoms. The van der Waals surface area contributed by atoms with Crippen molar-refractivity contribution in [1.82, 2.24) is 0 Å². The predicted octanol–water partition coefficient (Wildman–Crippen LogP) is 5.59.